The maximum Gasteiger partial charge on any atom is 0.307 e. The lowest BCUT2D eigenvalue weighted by atomic mass is 10.0. The van der Waals surface area contributed by atoms with E-state index < -0.39 is 6.04 Å². The molecule has 0 spiro atoms. The van der Waals surface area contributed by atoms with E-state index in [0.29, 0.717) is 6.61 Å². The molecule has 2 aromatic rings. The van der Waals surface area contributed by atoms with Crippen LogP contribution >= 0.6 is 11.3 Å². The van der Waals surface area contributed by atoms with Crippen molar-refractivity contribution in [1.29, 1.82) is 0 Å². The summed E-state index contributed by atoms with van der Waals surface area (Å²) in [7, 11) is 0. The molecule has 0 aliphatic heterocycles. The van der Waals surface area contributed by atoms with E-state index >= 15 is 0 Å². The number of aromatic hydroxyl groups is 1. The summed E-state index contributed by atoms with van der Waals surface area (Å²) in [5.74, 6) is -0.0346. The second-order valence-electron chi connectivity index (χ2n) is 5.21. The molecule has 0 saturated carbocycles. The summed E-state index contributed by atoms with van der Waals surface area (Å²) in [6.07, 6.45) is 0.157. The number of rotatable bonds is 5. The van der Waals surface area contributed by atoms with Gasteiger partial charge < -0.3 is 15.6 Å². The Morgan fingerprint density at radius 3 is 2.77 bits per heavy atom. The normalized spacial score (nSPS) is 12.2. The van der Waals surface area contributed by atoms with Crippen LogP contribution in [0.2, 0.25) is 0 Å². The minimum atomic E-state index is -0.393. The average molecular weight is 319 g/mol. The van der Waals surface area contributed by atoms with E-state index in [0.717, 1.165) is 26.4 Å². The minimum Gasteiger partial charge on any atom is -0.507 e. The molecule has 0 radical (unpaired) electrons. The Hall–Kier alpha value is -1.85. The summed E-state index contributed by atoms with van der Waals surface area (Å²) in [6, 6.07) is 7.03. The smallest absolute Gasteiger partial charge is 0.307 e. The van der Waals surface area contributed by atoms with Gasteiger partial charge in [0, 0.05) is 21.4 Å². The molecule has 0 unspecified atom stereocenters. The highest BCUT2D eigenvalue weighted by Gasteiger charge is 2.19. The summed E-state index contributed by atoms with van der Waals surface area (Å²) >= 11 is 1.57. The number of thiophene rings is 1. The van der Waals surface area contributed by atoms with Crippen molar-refractivity contribution in [1.82, 2.24) is 0 Å². The van der Waals surface area contributed by atoms with E-state index in [-0.39, 0.29) is 18.1 Å². The van der Waals surface area contributed by atoms with E-state index in [9.17, 15) is 9.90 Å². The van der Waals surface area contributed by atoms with E-state index in [2.05, 4.69) is 0 Å². The lowest BCUT2D eigenvalue weighted by molar-refractivity contribution is -0.143. The largest absolute Gasteiger partial charge is 0.507 e. The fraction of sp³-hybridized carbons (Fsp3) is 0.353. The predicted molar refractivity (Wildman–Crippen MR) is 89.1 cm³/mol. The number of esters is 1. The van der Waals surface area contributed by atoms with E-state index in [1.165, 1.54) is 0 Å². The van der Waals surface area contributed by atoms with Crippen LogP contribution in [0.25, 0.3) is 10.4 Å². The number of ether oxygens (including phenoxy) is 1. The van der Waals surface area contributed by atoms with Crippen LogP contribution in [0, 0.1) is 13.8 Å². The van der Waals surface area contributed by atoms with Gasteiger partial charge in [-0.2, -0.15) is 0 Å². The van der Waals surface area contributed by atoms with Gasteiger partial charge in [-0.3, -0.25) is 4.79 Å². The molecule has 1 heterocycles. The Balaban J connectivity index is 2.30. The first kappa shape index (κ1) is 16.5. The molecule has 4 nitrogen and oxygen atoms in total. The van der Waals surface area contributed by atoms with Crippen molar-refractivity contribution in [3.8, 4) is 16.2 Å². The van der Waals surface area contributed by atoms with Crippen LogP contribution < -0.4 is 5.73 Å². The third-order valence-corrected chi connectivity index (χ3v) is 4.63. The molecule has 0 fully saturated rings. The molecule has 0 aliphatic rings. The van der Waals surface area contributed by atoms with Crippen molar-refractivity contribution >= 4 is 17.3 Å². The lowest BCUT2D eigenvalue weighted by Crippen LogP contribution is -2.17. The number of carbonyl (C=O) groups excluding carboxylic acids is 1. The van der Waals surface area contributed by atoms with Gasteiger partial charge >= 0.3 is 5.97 Å². The summed E-state index contributed by atoms with van der Waals surface area (Å²) in [6.45, 7) is 6.07. The fourth-order valence-corrected chi connectivity index (χ4v) is 3.68. The highest BCUT2D eigenvalue weighted by atomic mass is 32.1. The highest BCUT2D eigenvalue weighted by molar-refractivity contribution is 7.15. The number of phenols is 1. The van der Waals surface area contributed by atoms with Crippen LogP contribution in [0.1, 0.15) is 35.4 Å². The number of hydrogen-bond donors (Lipinski definition) is 2. The van der Waals surface area contributed by atoms with Gasteiger partial charge in [0.05, 0.1) is 13.0 Å². The fourth-order valence-electron chi connectivity index (χ4n) is 2.47. The Morgan fingerprint density at radius 1 is 1.41 bits per heavy atom. The molecule has 0 saturated heterocycles. The van der Waals surface area contributed by atoms with Crippen molar-refractivity contribution in [3.05, 3.63) is 40.3 Å². The molecule has 2 rings (SSSR count). The number of phenolic OH excluding ortho intramolecular Hbond substituents is 1. The Kier molecular flexibility index (Phi) is 5.21. The Labute approximate surface area is 134 Å². The van der Waals surface area contributed by atoms with Gasteiger partial charge in [-0.05, 0) is 44.0 Å². The SMILES string of the molecule is CCOC(=O)C[C@H](N)c1cc(-c2c(C)cccc2O)sc1C. The second-order valence-corrected chi connectivity index (χ2v) is 6.46. The molecule has 5 heteroatoms. The Morgan fingerprint density at radius 2 is 2.14 bits per heavy atom. The van der Waals surface area contributed by atoms with Crippen LogP contribution in [-0.2, 0) is 9.53 Å². The van der Waals surface area contributed by atoms with Gasteiger partial charge in [0.25, 0.3) is 0 Å². The topological polar surface area (TPSA) is 72.5 Å². The first-order valence-corrected chi connectivity index (χ1v) is 8.06. The van der Waals surface area contributed by atoms with Gasteiger partial charge in [-0.25, -0.2) is 0 Å². The average Bonchev–Trinajstić information content (AvgIpc) is 2.80. The third kappa shape index (κ3) is 3.48. The number of benzene rings is 1. The maximum atomic E-state index is 11.6. The van der Waals surface area contributed by atoms with Gasteiger partial charge in [0.15, 0.2) is 0 Å². The van der Waals surface area contributed by atoms with Crippen LogP contribution in [0.5, 0.6) is 5.75 Å². The van der Waals surface area contributed by atoms with Crippen LogP contribution in [0.3, 0.4) is 0 Å². The zero-order chi connectivity index (χ0) is 16.3. The molecule has 118 valence electrons. The standard InChI is InChI=1S/C17H21NO3S/c1-4-21-16(20)9-13(18)12-8-15(22-11(12)3)17-10(2)6-5-7-14(17)19/h5-8,13,19H,4,9,18H2,1-3H3/t13-/m0/s1. The second kappa shape index (κ2) is 6.94. The molecule has 1 aromatic heterocycles. The number of aryl methyl sites for hydroxylation is 2. The van der Waals surface area contributed by atoms with E-state index in [1.807, 2.05) is 32.0 Å². The highest BCUT2D eigenvalue weighted by Crippen LogP contribution is 2.40. The first-order valence-electron chi connectivity index (χ1n) is 7.24. The molecule has 1 atom stereocenters. The summed E-state index contributed by atoms with van der Waals surface area (Å²) < 4.78 is 4.95. The summed E-state index contributed by atoms with van der Waals surface area (Å²) in [5, 5.41) is 10.1. The van der Waals surface area contributed by atoms with Crippen LogP contribution in [0.4, 0.5) is 0 Å². The quantitative estimate of drug-likeness (QED) is 0.824. The van der Waals surface area contributed by atoms with E-state index in [1.54, 1.807) is 24.3 Å². The van der Waals surface area contributed by atoms with Crippen molar-refractivity contribution in [2.45, 2.75) is 33.2 Å². The number of carbonyl (C=O) groups is 1. The maximum absolute atomic E-state index is 11.6. The predicted octanol–water partition coefficient (Wildman–Crippen LogP) is 3.69. The molecular formula is C17H21NO3S. The molecule has 3 N–H and O–H groups in total. The molecule has 0 amide bonds. The van der Waals surface area contributed by atoms with Crippen molar-refractivity contribution < 1.29 is 14.6 Å². The third-order valence-electron chi connectivity index (χ3n) is 3.54. The molecule has 1 aromatic carbocycles. The van der Waals surface area contributed by atoms with E-state index in [4.69, 9.17) is 10.5 Å². The number of hydrogen-bond acceptors (Lipinski definition) is 5. The minimum absolute atomic E-state index is 0.157. The van der Waals surface area contributed by atoms with Crippen molar-refractivity contribution in [2.75, 3.05) is 6.61 Å². The van der Waals surface area contributed by atoms with Gasteiger partial charge in [-0.1, -0.05) is 12.1 Å². The zero-order valence-electron chi connectivity index (χ0n) is 13.1. The molecule has 22 heavy (non-hydrogen) atoms. The number of nitrogens with two attached hydrogens (primary N) is 1. The molecule has 0 bridgehead atoms. The van der Waals surface area contributed by atoms with Crippen molar-refractivity contribution in [3.63, 3.8) is 0 Å². The monoisotopic (exact) mass is 319 g/mol. The van der Waals surface area contributed by atoms with Gasteiger partial charge in [-0.15, -0.1) is 11.3 Å². The summed E-state index contributed by atoms with van der Waals surface area (Å²) in [4.78, 5) is 13.6. The van der Waals surface area contributed by atoms with Gasteiger partial charge in [0.2, 0.25) is 0 Å². The van der Waals surface area contributed by atoms with Crippen molar-refractivity contribution in [2.24, 2.45) is 5.73 Å². The zero-order valence-corrected chi connectivity index (χ0v) is 13.9. The van der Waals surface area contributed by atoms with Crippen LogP contribution in [-0.4, -0.2) is 17.7 Å². The van der Waals surface area contributed by atoms with Crippen LogP contribution in [0.15, 0.2) is 24.3 Å². The lowest BCUT2D eigenvalue weighted by Gasteiger charge is -2.10. The first-order chi connectivity index (χ1) is 10.4. The van der Waals surface area contributed by atoms with Gasteiger partial charge in [0.1, 0.15) is 5.75 Å². The summed E-state index contributed by atoms with van der Waals surface area (Å²) in [5.41, 5.74) is 8.89. The molecule has 0 aliphatic carbocycles. The Bertz CT molecular complexity index is 658. The molecular weight excluding hydrogens is 298 g/mol.